The normalized spacial score (nSPS) is 11.2. The molecule has 4 nitrogen and oxygen atoms in total. The number of benzene rings is 1. The monoisotopic (exact) mass is 400 g/mol. The van der Waals surface area contributed by atoms with Gasteiger partial charge in [-0.1, -0.05) is 12.2 Å². The van der Waals surface area contributed by atoms with Crippen LogP contribution in [-0.2, 0) is 10.0 Å². The number of hydrogen-bond donors (Lipinski definition) is 2. The summed E-state index contributed by atoms with van der Waals surface area (Å²) >= 11 is 11.2. The molecule has 94 valence electrons. The Morgan fingerprint density at radius 3 is 2.29 bits per heavy atom. The number of hydrogen-bond acceptors (Lipinski definition) is 3. The zero-order valence-electron chi connectivity index (χ0n) is 8.83. The van der Waals surface area contributed by atoms with Crippen LogP contribution in [0, 0.1) is 6.92 Å². The third kappa shape index (κ3) is 4.53. The Balaban J connectivity index is 3.08. The summed E-state index contributed by atoms with van der Waals surface area (Å²) in [5, 5.41) is 0. The molecule has 1 aromatic rings. The number of anilines is 1. The fraction of sp³-hybridized carbons (Fsp3) is 0.222. The number of rotatable bonds is 4. The van der Waals surface area contributed by atoms with Crippen LogP contribution in [0.15, 0.2) is 21.1 Å². The summed E-state index contributed by atoms with van der Waals surface area (Å²) in [4.78, 5) is -0.0724. The van der Waals surface area contributed by atoms with Gasteiger partial charge in [0.1, 0.15) is 5.75 Å². The zero-order chi connectivity index (χ0) is 13.2. The van der Waals surface area contributed by atoms with Crippen molar-refractivity contribution in [3.05, 3.63) is 26.6 Å². The third-order valence-corrected chi connectivity index (χ3v) is 4.56. The van der Waals surface area contributed by atoms with Gasteiger partial charge in [-0.25, -0.2) is 8.42 Å². The van der Waals surface area contributed by atoms with Crippen LogP contribution in [0.1, 0.15) is 5.56 Å². The molecule has 8 heteroatoms. The van der Waals surface area contributed by atoms with E-state index in [9.17, 15) is 8.42 Å². The Labute approximate surface area is 122 Å². The van der Waals surface area contributed by atoms with Crippen LogP contribution in [-0.4, -0.2) is 19.2 Å². The van der Waals surface area contributed by atoms with Crippen molar-refractivity contribution in [2.75, 3.05) is 10.5 Å². The number of nitrogens with two attached hydrogens (primary N) is 1. The van der Waals surface area contributed by atoms with E-state index in [-0.39, 0.29) is 10.7 Å². The molecule has 1 rings (SSSR count). The molecule has 0 aliphatic rings. The Bertz CT molecular complexity index is 535. The number of aryl methyl sites for hydroxylation is 1. The SMILES string of the molecule is Cc1cc(Br)c(NS(=O)(=O)CC(N)=S)c(Br)c1. The van der Waals surface area contributed by atoms with E-state index in [1.165, 1.54) is 0 Å². The molecule has 0 bridgehead atoms. The maximum Gasteiger partial charge on any atom is 0.239 e. The topological polar surface area (TPSA) is 72.2 Å². The average molecular weight is 402 g/mol. The highest BCUT2D eigenvalue weighted by atomic mass is 79.9. The number of thiocarbonyl (C=S) groups is 1. The Morgan fingerprint density at radius 2 is 1.88 bits per heavy atom. The van der Waals surface area contributed by atoms with Crippen LogP contribution in [0.5, 0.6) is 0 Å². The van der Waals surface area contributed by atoms with Gasteiger partial charge in [-0.3, -0.25) is 4.72 Å². The van der Waals surface area contributed by atoms with E-state index < -0.39 is 10.0 Å². The number of halogens is 2. The second kappa shape index (κ2) is 5.64. The number of sulfonamides is 1. The van der Waals surface area contributed by atoms with Crippen molar-refractivity contribution >= 4 is 64.8 Å². The van der Waals surface area contributed by atoms with Gasteiger partial charge in [0.25, 0.3) is 0 Å². The van der Waals surface area contributed by atoms with E-state index in [4.69, 9.17) is 5.73 Å². The van der Waals surface area contributed by atoms with Gasteiger partial charge in [-0.2, -0.15) is 0 Å². The van der Waals surface area contributed by atoms with E-state index in [1.54, 1.807) is 0 Å². The highest BCUT2D eigenvalue weighted by Gasteiger charge is 2.16. The highest BCUT2D eigenvalue weighted by molar-refractivity contribution is 9.11. The Morgan fingerprint density at radius 1 is 1.41 bits per heavy atom. The molecule has 0 atom stereocenters. The van der Waals surface area contributed by atoms with Gasteiger partial charge in [-0.15, -0.1) is 0 Å². The fourth-order valence-electron chi connectivity index (χ4n) is 1.18. The first-order valence-corrected chi connectivity index (χ1v) is 8.10. The van der Waals surface area contributed by atoms with Crippen molar-refractivity contribution in [2.45, 2.75) is 6.92 Å². The van der Waals surface area contributed by atoms with Gasteiger partial charge in [0.05, 0.1) is 10.7 Å². The summed E-state index contributed by atoms with van der Waals surface area (Å²) in [6.45, 7) is 1.91. The van der Waals surface area contributed by atoms with Gasteiger partial charge < -0.3 is 5.73 Å². The molecule has 0 aliphatic heterocycles. The lowest BCUT2D eigenvalue weighted by molar-refractivity contribution is 0.605. The predicted molar refractivity (Wildman–Crippen MR) is 80.8 cm³/mol. The minimum atomic E-state index is -3.57. The van der Waals surface area contributed by atoms with Crippen LogP contribution in [0.25, 0.3) is 0 Å². The van der Waals surface area contributed by atoms with Crippen molar-refractivity contribution in [2.24, 2.45) is 5.73 Å². The van der Waals surface area contributed by atoms with E-state index >= 15 is 0 Å². The largest absolute Gasteiger partial charge is 0.392 e. The average Bonchev–Trinajstić information content (AvgIpc) is 2.09. The van der Waals surface area contributed by atoms with Crippen molar-refractivity contribution < 1.29 is 8.42 Å². The summed E-state index contributed by atoms with van der Waals surface area (Å²) < 4.78 is 27.1. The molecule has 1 aromatic carbocycles. The third-order valence-electron chi connectivity index (χ3n) is 1.78. The Kier molecular flexibility index (Phi) is 4.94. The molecule has 0 saturated heterocycles. The van der Waals surface area contributed by atoms with Gasteiger partial charge in [0.15, 0.2) is 0 Å². The first kappa shape index (κ1) is 14.9. The smallest absolute Gasteiger partial charge is 0.239 e. The van der Waals surface area contributed by atoms with E-state index in [0.29, 0.717) is 14.6 Å². The van der Waals surface area contributed by atoms with Gasteiger partial charge >= 0.3 is 0 Å². The van der Waals surface area contributed by atoms with Crippen LogP contribution in [0.4, 0.5) is 5.69 Å². The maximum atomic E-state index is 11.7. The number of nitrogens with one attached hydrogen (secondary N) is 1. The molecule has 0 fully saturated rings. The predicted octanol–water partition coefficient (Wildman–Crippen LogP) is 2.55. The molecule has 0 amide bonds. The standard InChI is InChI=1S/C9H10Br2N2O2S2/c1-5-2-6(10)9(7(11)3-5)13-17(14,15)4-8(12)16/h2-3,13H,4H2,1H3,(H2,12,16). The van der Waals surface area contributed by atoms with Crippen molar-refractivity contribution in [1.82, 2.24) is 0 Å². The molecule has 0 heterocycles. The minimum absolute atomic E-state index is 0.0724. The lowest BCUT2D eigenvalue weighted by atomic mass is 10.2. The van der Waals surface area contributed by atoms with E-state index in [0.717, 1.165) is 5.56 Å². The first-order chi connectivity index (χ1) is 7.71. The molecule has 0 aromatic heterocycles. The molecule has 0 saturated carbocycles. The van der Waals surface area contributed by atoms with Gasteiger partial charge in [0, 0.05) is 8.95 Å². The molecule has 17 heavy (non-hydrogen) atoms. The molecule has 0 aliphatic carbocycles. The lowest BCUT2D eigenvalue weighted by Crippen LogP contribution is -2.26. The van der Waals surface area contributed by atoms with Gasteiger partial charge in [0.2, 0.25) is 10.0 Å². The maximum absolute atomic E-state index is 11.7. The van der Waals surface area contributed by atoms with Crippen molar-refractivity contribution in [3.8, 4) is 0 Å². The van der Waals surface area contributed by atoms with E-state index in [1.807, 2.05) is 19.1 Å². The lowest BCUT2D eigenvalue weighted by Gasteiger charge is -2.12. The molecular formula is C9H10Br2N2O2S2. The minimum Gasteiger partial charge on any atom is -0.392 e. The van der Waals surface area contributed by atoms with Crippen LogP contribution in [0.2, 0.25) is 0 Å². The Hall–Kier alpha value is -0.180. The summed E-state index contributed by atoms with van der Waals surface area (Å²) in [5.41, 5.74) is 6.66. The van der Waals surface area contributed by atoms with Crippen molar-refractivity contribution in [1.29, 1.82) is 0 Å². The second-order valence-electron chi connectivity index (χ2n) is 3.43. The highest BCUT2D eigenvalue weighted by Crippen LogP contribution is 2.32. The van der Waals surface area contributed by atoms with Crippen LogP contribution < -0.4 is 10.5 Å². The summed E-state index contributed by atoms with van der Waals surface area (Å²) in [7, 11) is -3.57. The summed E-state index contributed by atoms with van der Waals surface area (Å²) in [5.74, 6) is -0.380. The molecule has 0 spiro atoms. The summed E-state index contributed by atoms with van der Waals surface area (Å²) in [6, 6.07) is 3.62. The quantitative estimate of drug-likeness (QED) is 0.760. The second-order valence-corrected chi connectivity index (χ2v) is 7.39. The van der Waals surface area contributed by atoms with Gasteiger partial charge in [-0.05, 0) is 56.5 Å². The summed E-state index contributed by atoms with van der Waals surface area (Å²) in [6.07, 6.45) is 0. The van der Waals surface area contributed by atoms with E-state index in [2.05, 4.69) is 48.8 Å². The zero-order valence-corrected chi connectivity index (χ0v) is 13.6. The molecule has 3 N–H and O–H groups in total. The molecule has 0 unspecified atom stereocenters. The molecule has 0 radical (unpaired) electrons. The fourth-order valence-corrected chi connectivity index (χ4v) is 4.50. The molecular weight excluding hydrogens is 392 g/mol. The van der Waals surface area contributed by atoms with Crippen LogP contribution >= 0.6 is 44.1 Å². The first-order valence-electron chi connectivity index (χ1n) is 4.46. The van der Waals surface area contributed by atoms with Crippen molar-refractivity contribution in [3.63, 3.8) is 0 Å². The van der Waals surface area contributed by atoms with Crippen LogP contribution in [0.3, 0.4) is 0 Å².